The minimum Gasteiger partial charge on any atom is -0.493 e. The second-order valence-corrected chi connectivity index (χ2v) is 7.68. The van der Waals surface area contributed by atoms with E-state index in [0.29, 0.717) is 32.6 Å². The van der Waals surface area contributed by atoms with Gasteiger partial charge in [-0.25, -0.2) is 4.39 Å². The molecule has 6 nitrogen and oxygen atoms in total. The van der Waals surface area contributed by atoms with E-state index in [0.717, 1.165) is 23.5 Å². The Morgan fingerprint density at radius 1 is 0.967 bits per heavy atom. The molecule has 0 spiro atoms. The number of ether oxygens (including phenoxy) is 2. The molecule has 0 unspecified atom stereocenters. The third-order valence-electron chi connectivity index (χ3n) is 4.18. The van der Waals surface area contributed by atoms with Gasteiger partial charge < -0.3 is 20.1 Å². The number of benzene rings is 2. The number of carbonyl (C=O) groups excluding carboxylic acids is 2. The lowest BCUT2D eigenvalue weighted by atomic mass is 10.2. The van der Waals surface area contributed by atoms with Crippen molar-refractivity contribution in [2.75, 3.05) is 24.9 Å². The van der Waals surface area contributed by atoms with E-state index in [4.69, 9.17) is 21.1 Å². The van der Waals surface area contributed by atoms with Gasteiger partial charge in [0.25, 0.3) is 11.8 Å². The Hall–Kier alpha value is -3.10. The molecule has 0 fully saturated rings. The fraction of sp³-hybridized carbons (Fsp3) is 0.143. The summed E-state index contributed by atoms with van der Waals surface area (Å²) in [5.41, 5.74) is 1.37. The summed E-state index contributed by atoms with van der Waals surface area (Å²) in [7, 11) is 3.04. The molecule has 2 amide bonds. The van der Waals surface area contributed by atoms with Crippen LogP contribution in [0.4, 0.5) is 15.1 Å². The molecule has 3 aromatic rings. The normalized spacial score (nSPS) is 10.4. The average molecular weight is 449 g/mol. The van der Waals surface area contributed by atoms with Crippen LogP contribution in [-0.2, 0) is 0 Å². The van der Waals surface area contributed by atoms with E-state index in [9.17, 15) is 14.0 Å². The maximum Gasteiger partial charge on any atom is 0.266 e. The molecule has 1 aromatic heterocycles. The van der Waals surface area contributed by atoms with E-state index in [1.807, 2.05) is 0 Å². The lowest BCUT2D eigenvalue weighted by molar-refractivity contribution is 0.102. The van der Waals surface area contributed by atoms with Crippen LogP contribution in [0.1, 0.15) is 25.6 Å². The van der Waals surface area contributed by atoms with Crippen molar-refractivity contribution in [1.29, 1.82) is 0 Å². The van der Waals surface area contributed by atoms with Crippen LogP contribution in [0.25, 0.3) is 0 Å². The zero-order valence-electron chi connectivity index (χ0n) is 16.3. The highest BCUT2D eigenvalue weighted by molar-refractivity contribution is 7.18. The Kier molecular flexibility index (Phi) is 6.59. The van der Waals surface area contributed by atoms with Gasteiger partial charge in [-0.1, -0.05) is 11.6 Å². The lowest BCUT2D eigenvalue weighted by Crippen LogP contribution is -2.12. The Morgan fingerprint density at radius 2 is 1.70 bits per heavy atom. The molecule has 0 saturated carbocycles. The van der Waals surface area contributed by atoms with Crippen molar-refractivity contribution in [3.63, 3.8) is 0 Å². The van der Waals surface area contributed by atoms with Crippen molar-refractivity contribution in [2.24, 2.45) is 0 Å². The van der Waals surface area contributed by atoms with Gasteiger partial charge >= 0.3 is 0 Å². The largest absolute Gasteiger partial charge is 0.493 e. The average Bonchev–Trinajstić information content (AvgIpc) is 3.07. The second kappa shape index (κ2) is 9.15. The molecule has 30 heavy (non-hydrogen) atoms. The summed E-state index contributed by atoms with van der Waals surface area (Å²) in [6, 6.07) is 10.2. The molecule has 9 heteroatoms. The lowest BCUT2D eigenvalue weighted by Gasteiger charge is -2.10. The number of halogens is 2. The van der Waals surface area contributed by atoms with Crippen LogP contribution in [0.3, 0.4) is 0 Å². The highest BCUT2D eigenvalue weighted by Crippen LogP contribution is 2.32. The third-order valence-corrected chi connectivity index (χ3v) is 5.64. The molecular formula is C21H18ClFN2O4S. The number of rotatable bonds is 6. The predicted octanol–water partition coefficient (Wildman–Crippen LogP) is 5.37. The summed E-state index contributed by atoms with van der Waals surface area (Å²) < 4.78 is 23.6. The second-order valence-electron chi connectivity index (χ2n) is 6.22. The summed E-state index contributed by atoms with van der Waals surface area (Å²) in [5, 5.41) is 5.96. The molecule has 0 bridgehead atoms. The van der Waals surface area contributed by atoms with Gasteiger partial charge in [0.2, 0.25) is 0 Å². The zero-order valence-corrected chi connectivity index (χ0v) is 17.9. The van der Waals surface area contributed by atoms with Gasteiger partial charge in [0.1, 0.15) is 5.82 Å². The number of hydrogen-bond acceptors (Lipinski definition) is 5. The molecule has 156 valence electrons. The number of amides is 2. The topological polar surface area (TPSA) is 76.7 Å². The smallest absolute Gasteiger partial charge is 0.266 e. The first-order valence-corrected chi connectivity index (χ1v) is 9.92. The molecule has 3 rings (SSSR count). The molecule has 0 aliphatic heterocycles. The van der Waals surface area contributed by atoms with Gasteiger partial charge in [-0.15, -0.1) is 11.3 Å². The van der Waals surface area contributed by atoms with Gasteiger partial charge in [0.15, 0.2) is 11.5 Å². The Bertz CT molecular complexity index is 1120. The molecule has 2 aromatic carbocycles. The SMILES string of the molecule is COc1ccc(NC(=O)c2sc(NC(=O)c3ccc(F)cc3Cl)cc2C)cc1OC. The predicted molar refractivity (Wildman–Crippen MR) is 116 cm³/mol. The number of thiophene rings is 1. The van der Waals surface area contributed by atoms with Crippen LogP contribution in [-0.4, -0.2) is 26.0 Å². The van der Waals surface area contributed by atoms with Crippen LogP contribution < -0.4 is 20.1 Å². The van der Waals surface area contributed by atoms with Crippen LogP contribution >= 0.6 is 22.9 Å². The van der Waals surface area contributed by atoms with Crippen molar-refractivity contribution < 1.29 is 23.5 Å². The molecular weight excluding hydrogens is 431 g/mol. The zero-order chi connectivity index (χ0) is 21.8. The van der Waals surface area contributed by atoms with Gasteiger partial charge in [0, 0.05) is 11.8 Å². The number of aryl methyl sites for hydroxylation is 1. The maximum absolute atomic E-state index is 13.2. The number of carbonyl (C=O) groups is 2. The first kappa shape index (κ1) is 21.6. The van der Waals surface area contributed by atoms with Crippen molar-refractivity contribution in [3.05, 3.63) is 69.3 Å². The van der Waals surface area contributed by atoms with Gasteiger partial charge in [-0.05, 0) is 48.9 Å². The van der Waals surface area contributed by atoms with Crippen LogP contribution in [0.15, 0.2) is 42.5 Å². The third kappa shape index (κ3) is 4.72. The first-order chi connectivity index (χ1) is 14.3. The summed E-state index contributed by atoms with van der Waals surface area (Å²) in [6.45, 7) is 1.76. The molecule has 2 N–H and O–H groups in total. The molecule has 0 radical (unpaired) electrons. The highest BCUT2D eigenvalue weighted by Gasteiger charge is 2.18. The van der Waals surface area contributed by atoms with E-state index in [1.54, 1.807) is 31.2 Å². The quantitative estimate of drug-likeness (QED) is 0.531. The number of methoxy groups -OCH3 is 2. The van der Waals surface area contributed by atoms with E-state index < -0.39 is 11.7 Å². The van der Waals surface area contributed by atoms with Crippen LogP contribution in [0.5, 0.6) is 11.5 Å². The Labute approximate surface area is 181 Å². The Morgan fingerprint density at radius 3 is 2.37 bits per heavy atom. The van der Waals surface area contributed by atoms with Crippen LogP contribution in [0, 0.1) is 12.7 Å². The first-order valence-electron chi connectivity index (χ1n) is 8.72. The maximum atomic E-state index is 13.2. The number of anilines is 2. The summed E-state index contributed by atoms with van der Waals surface area (Å²) >= 11 is 7.05. The molecule has 1 heterocycles. The highest BCUT2D eigenvalue weighted by atomic mass is 35.5. The van der Waals surface area contributed by atoms with Crippen molar-refractivity contribution in [3.8, 4) is 11.5 Å². The number of hydrogen-bond donors (Lipinski definition) is 2. The summed E-state index contributed by atoms with van der Waals surface area (Å²) in [4.78, 5) is 25.6. The minimum absolute atomic E-state index is 0.00666. The fourth-order valence-electron chi connectivity index (χ4n) is 2.72. The van der Waals surface area contributed by atoms with E-state index in [1.165, 1.54) is 20.3 Å². The molecule has 0 aliphatic carbocycles. The fourth-order valence-corrected chi connectivity index (χ4v) is 3.94. The molecule has 0 saturated heterocycles. The molecule has 0 aliphatic rings. The van der Waals surface area contributed by atoms with E-state index in [-0.39, 0.29) is 16.5 Å². The molecule has 0 atom stereocenters. The van der Waals surface area contributed by atoms with E-state index >= 15 is 0 Å². The van der Waals surface area contributed by atoms with Gasteiger partial charge in [0.05, 0.1) is 34.7 Å². The van der Waals surface area contributed by atoms with Gasteiger partial charge in [-0.3, -0.25) is 9.59 Å². The van der Waals surface area contributed by atoms with Crippen molar-refractivity contribution >= 4 is 45.4 Å². The summed E-state index contributed by atoms with van der Waals surface area (Å²) in [5.74, 6) is -0.314. The Balaban J connectivity index is 1.75. The van der Waals surface area contributed by atoms with Crippen LogP contribution in [0.2, 0.25) is 5.02 Å². The minimum atomic E-state index is -0.530. The van der Waals surface area contributed by atoms with Crippen molar-refractivity contribution in [2.45, 2.75) is 6.92 Å². The standard InChI is InChI=1S/C21H18ClFN2O4S/c1-11-8-18(25-20(26)14-6-4-12(23)9-15(14)22)30-19(11)21(27)24-13-5-7-16(28-2)17(10-13)29-3/h4-10H,1-3H3,(H,24,27)(H,25,26). The number of nitrogens with one attached hydrogen (secondary N) is 2. The van der Waals surface area contributed by atoms with Gasteiger partial charge in [-0.2, -0.15) is 0 Å². The summed E-state index contributed by atoms with van der Waals surface area (Å²) in [6.07, 6.45) is 0. The monoisotopic (exact) mass is 448 g/mol. The van der Waals surface area contributed by atoms with Crippen molar-refractivity contribution in [1.82, 2.24) is 0 Å². The van der Waals surface area contributed by atoms with E-state index in [2.05, 4.69) is 10.6 Å².